The third-order valence-corrected chi connectivity index (χ3v) is 0. The second-order valence-corrected chi connectivity index (χ2v) is 0. The summed E-state index contributed by atoms with van der Waals surface area (Å²) in [6.07, 6.45) is 0. The molecule has 0 atom stereocenters. The molecule has 4 heavy (non-hydrogen) atoms. The fourth-order valence-electron chi connectivity index (χ4n) is 0. The molecule has 0 N–H and O–H groups in total. The van der Waals surface area contributed by atoms with E-state index in [1.54, 1.807) is 0 Å². The van der Waals surface area contributed by atoms with Crippen LogP contribution in [0.2, 0.25) is 0 Å². The minimum absolute atomic E-state index is 0. The number of halogens is 1. The Morgan fingerprint density at radius 2 is 1.00 bits per heavy atom. The van der Waals surface area contributed by atoms with Crippen molar-refractivity contribution in [3.05, 3.63) is 0 Å². The summed E-state index contributed by atoms with van der Waals surface area (Å²) in [5, 5.41) is 0. The molecule has 0 aliphatic heterocycles. The normalized spacial score (nSPS) is 0. The smallest absolute Gasteiger partial charge is 2.00 e. The summed E-state index contributed by atoms with van der Waals surface area (Å²) in [7, 11) is 0. The van der Waals surface area contributed by atoms with Crippen molar-refractivity contribution in [1.29, 1.82) is 0 Å². The van der Waals surface area contributed by atoms with Gasteiger partial charge >= 0.3 is 64.8 Å². The Balaban J connectivity index is 0. The van der Waals surface area contributed by atoms with Gasteiger partial charge in [-0.25, -0.2) is 0 Å². The zero-order valence-electron chi connectivity index (χ0n) is 1.99. The molecule has 0 bridgehead atoms. The summed E-state index contributed by atoms with van der Waals surface area (Å²) in [6, 6.07) is 0. The SMILES string of the molecule is [Ce+3].[Cl-].[Mg+2].[O-2]. The molecule has 0 amide bonds. The van der Waals surface area contributed by atoms with Crippen LogP contribution in [0.25, 0.3) is 0 Å². The van der Waals surface area contributed by atoms with Crippen LogP contribution in [0.15, 0.2) is 0 Å². The molecule has 0 saturated heterocycles. The summed E-state index contributed by atoms with van der Waals surface area (Å²) in [4.78, 5) is 0. The van der Waals surface area contributed by atoms with E-state index in [1.165, 1.54) is 0 Å². The van der Waals surface area contributed by atoms with E-state index in [4.69, 9.17) is 0 Å². The molecule has 4 heteroatoms. The van der Waals surface area contributed by atoms with E-state index in [0.29, 0.717) is 0 Å². The van der Waals surface area contributed by atoms with E-state index in [2.05, 4.69) is 0 Å². The third-order valence-electron chi connectivity index (χ3n) is 0. The van der Waals surface area contributed by atoms with Gasteiger partial charge in [0.1, 0.15) is 0 Å². The van der Waals surface area contributed by atoms with Gasteiger partial charge in [-0.15, -0.1) is 0 Å². The molecular weight excluding hydrogens is 216 g/mol. The van der Waals surface area contributed by atoms with Gasteiger partial charge in [-0.2, -0.15) is 0 Å². The van der Waals surface area contributed by atoms with Crippen LogP contribution in [0.4, 0.5) is 0 Å². The standard InChI is InChI=1S/Ce.ClH.Mg.O/h;1H;;/q+3;;+2;-2/p-1. The first-order valence-electron chi connectivity index (χ1n) is 0. The van der Waals surface area contributed by atoms with Gasteiger partial charge in [-0.05, 0) is 0 Å². The van der Waals surface area contributed by atoms with Crippen molar-refractivity contribution in [1.82, 2.24) is 0 Å². The molecule has 0 rings (SSSR count). The summed E-state index contributed by atoms with van der Waals surface area (Å²) in [6.45, 7) is 0. The van der Waals surface area contributed by atoms with Crippen LogP contribution in [0.1, 0.15) is 0 Å². The first-order valence-corrected chi connectivity index (χ1v) is 0. The summed E-state index contributed by atoms with van der Waals surface area (Å²) in [5.41, 5.74) is 0. The van der Waals surface area contributed by atoms with Gasteiger partial charge in [-0.3, -0.25) is 0 Å². The van der Waals surface area contributed by atoms with Gasteiger partial charge in [0.15, 0.2) is 0 Å². The van der Waals surface area contributed by atoms with Crippen LogP contribution in [0.3, 0.4) is 0 Å². The van der Waals surface area contributed by atoms with E-state index in [1.807, 2.05) is 0 Å². The Morgan fingerprint density at radius 3 is 1.00 bits per heavy atom. The molecule has 0 unspecified atom stereocenters. The molecule has 0 fully saturated rings. The Labute approximate surface area is 81.2 Å². The Kier molecular flexibility index (Phi) is 148. The maximum atomic E-state index is 0. The van der Waals surface area contributed by atoms with Gasteiger partial charge in [-0.1, -0.05) is 0 Å². The Bertz CT molecular complexity index is 8.00. The average Bonchev–Trinajstić information content (AvgIpc) is 0. The van der Waals surface area contributed by atoms with Crippen LogP contribution in [-0.4, -0.2) is 23.1 Å². The monoisotopic (exact) mass is 215 g/mol. The number of hydrogen-bond donors (Lipinski definition) is 0. The Morgan fingerprint density at radius 1 is 1.00 bits per heavy atom. The molecule has 0 heterocycles. The molecule has 0 aliphatic rings. The fourth-order valence-corrected chi connectivity index (χ4v) is 0. The molecule has 0 aliphatic carbocycles. The molecular formula is CeClMgO+2. The molecule has 17 valence electrons. The zero-order valence-corrected chi connectivity index (χ0v) is 7.30. The van der Waals surface area contributed by atoms with Crippen LogP contribution < -0.4 is 12.4 Å². The minimum Gasteiger partial charge on any atom is -2.00 e. The van der Waals surface area contributed by atoms with Gasteiger partial charge in [0.25, 0.3) is 0 Å². The van der Waals surface area contributed by atoms with Crippen LogP contribution in [-0.2, 0) is 5.48 Å². The van der Waals surface area contributed by atoms with Gasteiger partial charge in [0.2, 0.25) is 0 Å². The largest absolute Gasteiger partial charge is 3.00 e. The average molecular weight is 216 g/mol. The van der Waals surface area contributed by atoms with E-state index in [-0.39, 0.29) is 82.7 Å². The van der Waals surface area contributed by atoms with Crippen molar-refractivity contribution >= 4 is 23.1 Å². The molecule has 0 aromatic rings. The first kappa shape index (κ1) is 32.5. The van der Waals surface area contributed by atoms with Gasteiger partial charge in [0.05, 0.1) is 0 Å². The van der Waals surface area contributed by atoms with E-state index in [9.17, 15) is 0 Å². The van der Waals surface area contributed by atoms with E-state index >= 15 is 0 Å². The topological polar surface area (TPSA) is 28.5 Å². The first-order chi connectivity index (χ1) is 0. The molecule has 0 saturated carbocycles. The van der Waals surface area contributed by atoms with Crippen LogP contribution in [0, 0.1) is 41.7 Å². The fraction of sp³-hybridized carbons (Fsp3) is 0. The predicted octanol–water partition coefficient (Wildman–Crippen LogP) is -3.50. The van der Waals surface area contributed by atoms with E-state index in [0.717, 1.165) is 0 Å². The van der Waals surface area contributed by atoms with Crippen molar-refractivity contribution in [2.75, 3.05) is 0 Å². The molecule has 1 radical (unpaired) electrons. The van der Waals surface area contributed by atoms with Crippen molar-refractivity contribution in [2.45, 2.75) is 0 Å². The van der Waals surface area contributed by atoms with Gasteiger partial charge < -0.3 is 17.9 Å². The Hall–Kier alpha value is 2.39. The maximum absolute atomic E-state index is 0. The van der Waals surface area contributed by atoms with Crippen LogP contribution in [0.5, 0.6) is 0 Å². The maximum Gasteiger partial charge on any atom is 3.00 e. The zero-order chi connectivity index (χ0) is 0. The minimum atomic E-state index is 0. The summed E-state index contributed by atoms with van der Waals surface area (Å²) >= 11 is 0. The summed E-state index contributed by atoms with van der Waals surface area (Å²) in [5.74, 6) is 0. The van der Waals surface area contributed by atoms with Crippen molar-refractivity contribution in [3.63, 3.8) is 0 Å². The molecule has 0 aromatic heterocycles. The van der Waals surface area contributed by atoms with Crippen molar-refractivity contribution in [2.24, 2.45) is 0 Å². The molecule has 0 aromatic carbocycles. The quantitative estimate of drug-likeness (QED) is 0.376. The predicted molar refractivity (Wildman–Crippen MR) is 6.44 cm³/mol. The van der Waals surface area contributed by atoms with Crippen molar-refractivity contribution in [3.8, 4) is 0 Å². The van der Waals surface area contributed by atoms with Crippen molar-refractivity contribution < 1.29 is 59.6 Å². The van der Waals surface area contributed by atoms with Crippen LogP contribution >= 0.6 is 0 Å². The number of rotatable bonds is 0. The summed E-state index contributed by atoms with van der Waals surface area (Å²) < 4.78 is 0. The third kappa shape index (κ3) is 8.83. The second kappa shape index (κ2) is 18.2. The molecule has 1 nitrogen and oxygen atoms in total. The van der Waals surface area contributed by atoms with E-state index < -0.39 is 0 Å². The second-order valence-electron chi connectivity index (χ2n) is 0. The molecule has 0 spiro atoms. The van der Waals surface area contributed by atoms with Gasteiger partial charge in [0, 0.05) is 0 Å². The number of hydrogen-bond acceptors (Lipinski definition) is 0.